The highest BCUT2D eigenvalue weighted by Gasteiger charge is 2.56. The van der Waals surface area contributed by atoms with Crippen molar-refractivity contribution in [1.29, 1.82) is 0 Å². The summed E-state index contributed by atoms with van der Waals surface area (Å²) in [4.78, 5) is 67.4. The second-order valence-corrected chi connectivity index (χ2v) is 12.4. The summed E-state index contributed by atoms with van der Waals surface area (Å²) in [6.45, 7) is 1.59. The number of nitrogens with one attached hydrogen (secondary N) is 1. The maximum Gasteiger partial charge on any atom is 0.338 e. The van der Waals surface area contributed by atoms with Crippen molar-refractivity contribution in [2.24, 2.45) is 5.92 Å². The van der Waals surface area contributed by atoms with Gasteiger partial charge < -0.3 is 14.8 Å². The van der Waals surface area contributed by atoms with E-state index in [2.05, 4.69) is 5.32 Å². The van der Waals surface area contributed by atoms with Gasteiger partial charge in [-0.25, -0.2) is 14.1 Å². The molecule has 3 atom stereocenters. The van der Waals surface area contributed by atoms with E-state index in [0.717, 1.165) is 28.0 Å². The maximum absolute atomic E-state index is 14.0. The van der Waals surface area contributed by atoms with Crippen molar-refractivity contribution in [2.75, 3.05) is 23.9 Å². The van der Waals surface area contributed by atoms with Crippen molar-refractivity contribution in [3.8, 4) is 5.75 Å². The van der Waals surface area contributed by atoms with Gasteiger partial charge in [0, 0.05) is 16.5 Å². The summed E-state index contributed by atoms with van der Waals surface area (Å²) < 4.78 is 25.4. The van der Waals surface area contributed by atoms with Crippen molar-refractivity contribution in [3.63, 3.8) is 0 Å². The topological polar surface area (TPSA) is 124 Å². The smallest absolute Gasteiger partial charge is 0.338 e. The molecule has 230 valence electrons. The summed E-state index contributed by atoms with van der Waals surface area (Å²) in [5, 5.41) is 2.25. The minimum Gasteiger partial charge on any atom is -0.497 e. The van der Waals surface area contributed by atoms with Crippen molar-refractivity contribution >= 4 is 58.2 Å². The molecule has 0 bridgehead atoms. The monoisotopic (exact) mass is 647 g/mol. The number of carbonyl (C=O) groups is 4. The van der Waals surface area contributed by atoms with Crippen LogP contribution >= 0.6 is 23.1 Å². The largest absolute Gasteiger partial charge is 0.497 e. The molecule has 6 rings (SSSR count). The number of ether oxygens (including phenoxy) is 2. The average Bonchev–Trinajstić information content (AvgIpc) is 3.48. The third kappa shape index (κ3) is 5.64. The summed E-state index contributed by atoms with van der Waals surface area (Å²) in [7, 11) is 1.51. The predicted molar refractivity (Wildman–Crippen MR) is 166 cm³/mol. The molecular weight excluding hydrogens is 621 g/mol. The molecule has 2 aliphatic heterocycles. The summed E-state index contributed by atoms with van der Waals surface area (Å²) in [6.07, 6.45) is 0. The number of thioether (sulfide) groups is 1. The number of hydrogen-bond donors (Lipinski definition) is 1. The molecule has 1 N–H and O–H groups in total. The van der Waals surface area contributed by atoms with Crippen LogP contribution in [0.1, 0.15) is 33.6 Å². The van der Waals surface area contributed by atoms with E-state index in [-0.39, 0.29) is 13.2 Å². The van der Waals surface area contributed by atoms with E-state index < -0.39 is 51.5 Å². The van der Waals surface area contributed by atoms with E-state index in [1.165, 1.54) is 35.9 Å². The lowest BCUT2D eigenvalue weighted by Gasteiger charge is -2.30. The summed E-state index contributed by atoms with van der Waals surface area (Å²) >= 11 is 1.98. The lowest BCUT2D eigenvalue weighted by Crippen LogP contribution is -2.33. The fraction of sp³-hybridized carbons (Fsp3) is 0.219. The molecule has 45 heavy (non-hydrogen) atoms. The average molecular weight is 648 g/mol. The number of imide groups is 1. The van der Waals surface area contributed by atoms with Crippen molar-refractivity contribution in [3.05, 3.63) is 104 Å². The van der Waals surface area contributed by atoms with E-state index in [0.29, 0.717) is 38.2 Å². The van der Waals surface area contributed by atoms with Gasteiger partial charge in [-0.1, -0.05) is 35.2 Å². The Labute approximate surface area is 264 Å². The van der Waals surface area contributed by atoms with Crippen LogP contribution in [0.3, 0.4) is 0 Å². The van der Waals surface area contributed by atoms with Gasteiger partial charge in [-0.2, -0.15) is 0 Å². The van der Waals surface area contributed by atoms with Crippen molar-refractivity contribution in [2.45, 2.75) is 29.7 Å². The van der Waals surface area contributed by atoms with Gasteiger partial charge in [0.1, 0.15) is 23.4 Å². The highest BCUT2D eigenvalue weighted by atomic mass is 32.2. The first-order valence-corrected chi connectivity index (χ1v) is 15.6. The fourth-order valence-corrected chi connectivity index (χ4v) is 8.29. The predicted octanol–water partition coefficient (Wildman–Crippen LogP) is 4.67. The number of esters is 1. The standard InChI is InChI=1S/C32H26FN3O7S2/c1-3-43-31(40)18-6-10-20(11-7-18)34-23(37)16-35-30-27(45-32(35)41)24(17-4-8-19(33)9-5-17)25-26(44-30)29(39)36(28(25)38)21-12-14-22(42-2)15-13-21/h4-15,24-26H,3,16H2,1-2H3,(H,34,37)/t24-,25?,26?/m1/s1. The van der Waals surface area contributed by atoms with Crippen LogP contribution in [0, 0.1) is 11.7 Å². The molecule has 13 heteroatoms. The van der Waals surface area contributed by atoms with Gasteiger partial charge in [-0.05, 0) is 73.2 Å². The molecule has 3 aromatic carbocycles. The van der Waals surface area contributed by atoms with E-state index in [1.54, 1.807) is 55.5 Å². The lowest BCUT2D eigenvalue weighted by atomic mass is 9.83. The quantitative estimate of drug-likeness (QED) is 0.216. The number of aromatic nitrogens is 1. The number of fused-ring (bicyclic) bond motifs is 2. The highest BCUT2D eigenvalue weighted by molar-refractivity contribution is 8.00. The molecule has 3 heterocycles. The Bertz CT molecular complexity index is 1850. The number of nitrogens with zero attached hydrogens (tertiary/aromatic N) is 2. The molecule has 4 aromatic rings. The number of benzene rings is 3. The number of carbonyl (C=O) groups excluding carboxylic acids is 4. The molecule has 0 saturated carbocycles. The number of thiazole rings is 1. The molecule has 0 radical (unpaired) electrons. The van der Waals surface area contributed by atoms with Gasteiger partial charge in [0.05, 0.1) is 35.9 Å². The fourth-order valence-electron chi connectivity index (χ4n) is 5.52. The van der Waals surface area contributed by atoms with Crippen LogP contribution in [0.25, 0.3) is 0 Å². The Hall–Kier alpha value is -4.75. The molecule has 10 nitrogen and oxygen atoms in total. The zero-order valence-electron chi connectivity index (χ0n) is 24.0. The highest BCUT2D eigenvalue weighted by Crippen LogP contribution is 2.53. The van der Waals surface area contributed by atoms with Crippen LogP contribution < -0.4 is 19.8 Å². The molecule has 1 saturated heterocycles. The zero-order chi connectivity index (χ0) is 31.8. The van der Waals surface area contributed by atoms with Crippen LogP contribution in [-0.2, 0) is 25.7 Å². The van der Waals surface area contributed by atoms with E-state index in [1.807, 2.05) is 0 Å². The maximum atomic E-state index is 14.0. The zero-order valence-corrected chi connectivity index (χ0v) is 25.7. The Morgan fingerprint density at radius 2 is 1.62 bits per heavy atom. The minimum atomic E-state index is -0.888. The first-order valence-electron chi connectivity index (χ1n) is 13.9. The second kappa shape index (κ2) is 12.3. The van der Waals surface area contributed by atoms with Crippen LogP contribution in [0.2, 0.25) is 0 Å². The Morgan fingerprint density at radius 3 is 2.27 bits per heavy atom. The third-order valence-electron chi connectivity index (χ3n) is 7.59. The Morgan fingerprint density at radius 1 is 0.933 bits per heavy atom. The molecular formula is C32H26FN3O7S2. The minimum absolute atomic E-state index is 0.234. The number of amides is 3. The van der Waals surface area contributed by atoms with E-state index in [9.17, 15) is 28.4 Å². The van der Waals surface area contributed by atoms with Crippen LogP contribution in [0.5, 0.6) is 5.75 Å². The van der Waals surface area contributed by atoms with Crippen LogP contribution in [0.15, 0.2) is 82.6 Å². The summed E-state index contributed by atoms with van der Waals surface area (Å²) in [5.74, 6) is -3.35. The third-order valence-corrected chi connectivity index (χ3v) is 10.2. The SMILES string of the molecule is CCOC(=O)c1ccc(NC(=O)Cn2c3c(sc2=O)[C@H](c2ccc(F)cc2)C2C(=O)N(c4ccc(OC)cc4)C(=O)C2S3)cc1. The normalized spacial score (nSPS) is 18.7. The van der Waals surface area contributed by atoms with Crippen molar-refractivity contribution in [1.82, 2.24) is 4.57 Å². The first kappa shape index (κ1) is 30.3. The molecule has 0 aliphatic carbocycles. The van der Waals surface area contributed by atoms with Gasteiger partial charge in [0.25, 0.3) is 0 Å². The Kier molecular flexibility index (Phi) is 8.30. The molecule has 2 unspecified atom stereocenters. The van der Waals surface area contributed by atoms with E-state index >= 15 is 0 Å². The molecule has 2 aliphatic rings. The molecule has 1 fully saturated rings. The van der Waals surface area contributed by atoms with E-state index in [4.69, 9.17) is 9.47 Å². The van der Waals surface area contributed by atoms with Gasteiger partial charge >= 0.3 is 10.8 Å². The van der Waals surface area contributed by atoms with Gasteiger partial charge in [-0.15, -0.1) is 0 Å². The van der Waals surface area contributed by atoms with Gasteiger partial charge in [0.15, 0.2) is 0 Å². The van der Waals surface area contributed by atoms with Gasteiger partial charge in [-0.3, -0.25) is 23.7 Å². The number of hydrogen-bond acceptors (Lipinski definition) is 9. The number of anilines is 2. The van der Waals surface area contributed by atoms with Crippen molar-refractivity contribution < 1.29 is 33.0 Å². The summed E-state index contributed by atoms with van der Waals surface area (Å²) in [6, 6.07) is 18.3. The number of rotatable bonds is 8. The Balaban J connectivity index is 1.33. The second-order valence-electron chi connectivity index (χ2n) is 10.3. The molecule has 0 spiro atoms. The number of halogens is 1. The first-order chi connectivity index (χ1) is 21.7. The van der Waals surface area contributed by atoms with Crippen LogP contribution in [0.4, 0.5) is 15.8 Å². The summed E-state index contributed by atoms with van der Waals surface area (Å²) in [5.41, 5.74) is 1.70. The van der Waals surface area contributed by atoms with Crippen LogP contribution in [-0.4, -0.2) is 47.2 Å². The van der Waals surface area contributed by atoms with Gasteiger partial charge in [0.2, 0.25) is 17.7 Å². The molecule has 3 amide bonds. The lowest BCUT2D eigenvalue weighted by molar-refractivity contribution is -0.122. The number of methoxy groups -OCH3 is 1. The molecule has 1 aromatic heterocycles.